The molecule has 1 aromatic carbocycles. The molecule has 2 unspecified atom stereocenters. The van der Waals surface area contributed by atoms with Crippen molar-refractivity contribution < 1.29 is 9.59 Å². The van der Waals surface area contributed by atoms with Crippen LogP contribution in [0.25, 0.3) is 10.9 Å². The summed E-state index contributed by atoms with van der Waals surface area (Å²) >= 11 is 0. The maximum Gasteiger partial charge on any atom is 0.273 e. The molecule has 9 heteroatoms. The molecule has 1 aliphatic heterocycles. The van der Waals surface area contributed by atoms with Crippen molar-refractivity contribution in [3.05, 3.63) is 60.0 Å². The molecule has 2 aromatic heterocycles. The number of hydrogen-bond donors (Lipinski definition) is 3. The van der Waals surface area contributed by atoms with Crippen LogP contribution in [0.5, 0.6) is 0 Å². The van der Waals surface area contributed by atoms with Crippen LogP contribution in [0.1, 0.15) is 29.0 Å². The van der Waals surface area contributed by atoms with Gasteiger partial charge in [0.05, 0.1) is 11.6 Å². The number of halogens is 1. The zero-order valence-corrected chi connectivity index (χ0v) is 16.8. The van der Waals surface area contributed by atoms with Crippen LogP contribution in [0.2, 0.25) is 0 Å². The Balaban J connectivity index is 0.00000240. The summed E-state index contributed by atoms with van der Waals surface area (Å²) in [6.45, 7) is 3.65. The summed E-state index contributed by atoms with van der Waals surface area (Å²) in [4.78, 5) is 31.7. The van der Waals surface area contributed by atoms with Gasteiger partial charge < -0.3 is 15.5 Å². The average molecular weight is 415 g/mol. The normalized spacial score (nSPS) is 17.4. The van der Waals surface area contributed by atoms with Gasteiger partial charge in [-0.05, 0) is 24.6 Å². The molecule has 1 fully saturated rings. The van der Waals surface area contributed by atoms with Crippen LogP contribution in [0.3, 0.4) is 0 Å². The van der Waals surface area contributed by atoms with Crippen molar-refractivity contribution in [3.8, 4) is 0 Å². The van der Waals surface area contributed by atoms with Crippen LogP contribution in [0.4, 0.5) is 0 Å². The molecule has 0 bridgehead atoms. The Kier molecular flexibility index (Phi) is 6.46. The first-order valence-corrected chi connectivity index (χ1v) is 9.30. The molecule has 8 nitrogen and oxygen atoms in total. The predicted octanol–water partition coefficient (Wildman–Crippen LogP) is 1.67. The molecule has 2 atom stereocenters. The van der Waals surface area contributed by atoms with Crippen molar-refractivity contribution in [1.82, 2.24) is 30.7 Å². The first-order chi connectivity index (χ1) is 13.6. The molecule has 3 heterocycles. The van der Waals surface area contributed by atoms with E-state index in [9.17, 15) is 9.59 Å². The monoisotopic (exact) mass is 414 g/mol. The lowest BCUT2D eigenvalue weighted by atomic mass is 10.0. The Hall–Kier alpha value is -2.97. The molecular weight excluding hydrogens is 392 g/mol. The Labute approximate surface area is 174 Å². The number of pyridine rings is 1. The number of aromatic nitrogens is 3. The zero-order chi connectivity index (χ0) is 19.5. The van der Waals surface area contributed by atoms with E-state index in [1.807, 2.05) is 36.4 Å². The van der Waals surface area contributed by atoms with Crippen molar-refractivity contribution in [1.29, 1.82) is 0 Å². The number of hydrogen-bond acceptors (Lipinski definition) is 5. The number of nitrogens with one attached hydrogen (secondary N) is 3. The number of aromatic amines is 1. The number of fused-ring (bicyclic) bond motifs is 1. The maximum absolute atomic E-state index is 13.1. The molecule has 0 aliphatic carbocycles. The van der Waals surface area contributed by atoms with Gasteiger partial charge in [-0.25, -0.2) is 0 Å². The first-order valence-electron chi connectivity index (χ1n) is 9.30. The molecule has 3 aromatic rings. The minimum absolute atomic E-state index is 0. The minimum atomic E-state index is -0.666. The van der Waals surface area contributed by atoms with Gasteiger partial charge >= 0.3 is 0 Å². The van der Waals surface area contributed by atoms with Gasteiger partial charge in [-0.1, -0.05) is 24.3 Å². The summed E-state index contributed by atoms with van der Waals surface area (Å²) in [5.74, 6) is -0.491. The highest BCUT2D eigenvalue weighted by molar-refractivity contribution is 6.05. The van der Waals surface area contributed by atoms with Gasteiger partial charge in [-0.2, -0.15) is 5.10 Å². The lowest BCUT2D eigenvalue weighted by molar-refractivity contribution is -0.136. The average Bonchev–Trinajstić information content (AvgIpc) is 3.18. The molecular formula is C20H23ClN6O2. The van der Waals surface area contributed by atoms with E-state index < -0.39 is 6.04 Å². The number of benzene rings is 1. The highest BCUT2D eigenvalue weighted by atomic mass is 35.5. The number of amides is 2. The largest absolute Gasteiger partial charge is 0.339 e. The third-order valence-corrected chi connectivity index (χ3v) is 5.00. The highest BCUT2D eigenvalue weighted by Gasteiger charge is 2.31. The lowest BCUT2D eigenvalue weighted by Crippen LogP contribution is -2.54. The number of carbonyl (C=O) groups excluding carboxylic acids is 2. The SMILES string of the molecule is CC(NC(=O)c1n[nH]c2ccccc12)C(=O)N1CCNCC1c1cccnc1.Cl. The Morgan fingerprint density at radius 1 is 1.24 bits per heavy atom. The Bertz CT molecular complexity index is 993. The molecule has 29 heavy (non-hydrogen) atoms. The van der Waals surface area contributed by atoms with E-state index in [0.717, 1.165) is 16.5 Å². The van der Waals surface area contributed by atoms with E-state index in [-0.39, 0.29) is 30.3 Å². The second-order valence-electron chi connectivity index (χ2n) is 6.85. The van der Waals surface area contributed by atoms with Crippen molar-refractivity contribution in [2.45, 2.75) is 19.0 Å². The van der Waals surface area contributed by atoms with Crippen LogP contribution < -0.4 is 10.6 Å². The summed E-state index contributed by atoms with van der Waals surface area (Å²) in [5.41, 5.74) is 2.05. The Morgan fingerprint density at radius 2 is 2.07 bits per heavy atom. The number of H-pyrrole nitrogens is 1. The van der Waals surface area contributed by atoms with Gasteiger partial charge in [-0.3, -0.25) is 19.7 Å². The van der Waals surface area contributed by atoms with E-state index in [2.05, 4.69) is 25.8 Å². The summed E-state index contributed by atoms with van der Waals surface area (Å²) in [6, 6.07) is 10.5. The fraction of sp³-hybridized carbons (Fsp3) is 0.300. The van der Waals surface area contributed by atoms with Gasteiger partial charge in [0.2, 0.25) is 5.91 Å². The number of nitrogens with zero attached hydrogens (tertiary/aromatic N) is 3. The first kappa shape index (κ1) is 20.8. The van der Waals surface area contributed by atoms with E-state index in [4.69, 9.17) is 0 Å². The van der Waals surface area contributed by atoms with Gasteiger partial charge in [0.15, 0.2) is 5.69 Å². The van der Waals surface area contributed by atoms with Crippen LogP contribution in [0.15, 0.2) is 48.8 Å². The van der Waals surface area contributed by atoms with Gasteiger partial charge in [0, 0.05) is 37.4 Å². The third-order valence-electron chi connectivity index (χ3n) is 5.00. The quantitative estimate of drug-likeness (QED) is 0.602. The van der Waals surface area contributed by atoms with Gasteiger partial charge in [0.25, 0.3) is 5.91 Å². The number of carbonyl (C=O) groups is 2. The van der Waals surface area contributed by atoms with Crippen molar-refractivity contribution >= 4 is 35.1 Å². The number of rotatable bonds is 4. The predicted molar refractivity (Wildman–Crippen MR) is 112 cm³/mol. The number of para-hydroxylation sites is 1. The summed E-state index contributed by atoms with van der Waals surface area (Å²) < 4.78 is 0. The van der Waals surface area contributed by atoms with Crippen molar-refractivity contribution in [2.75, 3.05) is 19.6 Å². The summed E-state index contributed by atoms with van der Waals surface area (Å²) in [7, 11) is 0. The molecule has 1 saturated heterocycles. The highest BCUT2D eigenvalue weighted by Crippen LogP contribution is 2.22. The third kappa shape index (κ3) is 4.23. The molecule has 1 aliphatic rings. The smallest absolute Gasteiger partial charge is 0.273 e. The van der Waals surface area contributed by atoms with Crippen molar-refractivity contribution in [2.24, 2.45) is 0 Å². The summed E-state index contributed by atoms with van der Waals surface area (Å²) in [5, 5.41) is 13.8. The van der Waals surface area contributed by atoms with Crippen LogP contribution in [-0.4, -0.2) is 57.6 Å². The van der Waals surface area contributed by atoms with E-state index in [1.165, 1.54) is 0 Å². The van der Waals surface area contributed by atoms with Crippen LogP contribution >= 0.6 is 12.4 Å². The second kappa shape index (κ2) is 9.02. The van der Waals surface area contributed by atoms with E-state index >= 15 is 0 Å². The fourth-order valence-corrected chi connectivity index (χ4v) is 3.55. The molecule has 0 saturated carbocycles. The number of piperazine rings is 1. The van der Waals surface area contributed by atoms with Gasteiger partial charge in [0.1, 0.15) is 6.04 Å². The van der Waals surface area contributed by atoms with Gasteiger partial charge in [-0.15, -0.1) is 12.4 Å². The zero-order valence-electron chi connectivity index (χ0n) is 16.0. The molecule has 152 valence electrons. The van der Waals surface area contributed by atoms with Crippen molar-refractivity contribution in [3.63, 3.8) is 0 Å². The van der Waals surface area contributed by atoms with Crippen LogP contribution in [-0.2, 0) is 4.79 Å². The molecule has 4 rings (SSSR count). The second-order valence-corrected chi connectivity index (χ2v) is 6.85. The van der Waals surface area contributed by atoms with E-state index in [0.29, 0.717) is 25.3 Å². The standard InChI is InChI=1S/C20H22N6O2.ClH/c1-13(23-19(27)18-15-6-2-3-7-16(15)24-25-18)20(28)26-10-9-22-12-17(26)14-5-4-8-21-11-14;/h2-8,11,13,17,22H,9-10,12H2,1H3,(H,23,27)(H,24,25);1H. The lowest BCUT2D eigenvalue weighted by Gasteiger charge is -2.37. The minimum Gasteiger partial charge on any atom is -0.339 e. The molecule has 0 spiro atoms. The fourth-order valence-electron chi connectivity index (χ4n) is 3.55. The topological polar surface area (TPSA) is 103 Å². The van der Waals surface area contributed by atoms with Crippen LogP contribution in [0, 0.1) is 0 Å². The molecule has 2 amide bonds. The molecule has 0 radical (unpaired) electrons. The Morgan fingerprint density at radius 3 is 2.86 bits per heavy atom. The van der Waals surface area contributed by atoms with E-state index in [1.54, 1.807) is 24.2 Å². The molecule has 3 N–H and O–H groups in total. The summed E-state index contributed by atoms with van der Waals surface area (Å²) in [6.07, 6.45) is 3.49. The maximum atomic E-state index is 13.1.